The second-order valence-corrected chi connectivity index (χ2v) is 15.0. The number of aromatic hydroxyl groups is 1. The number of hydrogen-bond donors (Lipinski definition) is 1. The van der Waals surface area contributed by atoms with Gasteiger partial charge in [-0.05, 0) is 73.7 Å². The Morgan fingerprint density at radius 1 is 1.09 bits per heavy atom. The van der Waals surface area contributed by atoms with E-state index in [4.69, 9.17) is 32.7 Å². The Bertz CT molecular complexity index is 1700. The summed E-state index contributed by atoms with van der Waals surface area (Å²) in [6.45, 7) is 8.03. The second kappa shape index (κ2) is 12.6. The molecule has 248 valence electrons. The van der Waals surface area contributed by atoms with E-state index in [1.165, 1.54) is 12.5 Å². The van der Waals surface area contributed by atoms with E-state index in [2.05, 4.69) is 43.0 Å². The highest BCUT2D eigenvalue weighted by Gasteiger charge is 2.67. The Kier molecular flexibility index (Phi) is 8.69. The number of carbonyl (C=O) groups is 2. The molecule has 3 aromatic rings. The number of phenolic OH excluding ortho intramolecular Hbond substituents is 1. The number of benzene rings is 3. The molecule has 1 N–H and O–H groups in total. The lowest BCUT2D eigenvalue weighted by Crippen LogP contribution is -2.69. The topological polar surface area (TPSA) is 79.3 Å². The lowest BCUT2D eigenvalue weighted by atomic mass is 9.50. The summed E-state index contributed by atoms with van der Waals surface area (Å²) in [6.07, 6.45) is 4.12. The van der Waals surface area contributed by atoms with Gasteiger partial charge in [-0.2, -0.15) is 0 Å². The van der Waals surface area contributed by atoms with Crippen molar-refractivity contribution < 1.29 is 24.2 Å². The molecule has 0 unspecified atom stereocenters. The van der Waals surface area contributed by atoms with Gasteiger partial charge in [-0.1, -0.05) is 73.4 Å². The number of rotatable bonds is 9. The third kappa shape index (κ3) is 5.68. The van der Waals surface area contributed by atoms with Crippen molar-refractivity contribution in [2.45, 2.75) is 82.9 Å². The Morgan fingerprint density at radius 2 is 1.87 bits per heavy atom. The van der Waals surface area contributed by atoms with Crippen molar-refractivity contribution >= 4 is 35.1 Å². The zero-order valence-electron chi connectivity index (χ0n) is 27.2. The number of nitrogens with zero attached hydrogens (tertiary/aromatic N) is 2. The quantitative estimate of drug-likeness (QED) is 0.194. The molecule has 7 rings (SSSR count). The number of amides is 1. The fraction of sp³-hybridized carbons (Fsp3) is 0.474. The van der Waals surface area contributed by atoms with Gasteiger partial charge in [0.25, 0.3) is 0 Å². The molecule has 2 fully saturated rings. The number of piperidine rings is 1. The fourth-order valence-electron chi connectivity index (χ4n) is 9.14. The van der Waals surface area contributed by atoms with Gasteiger partial charge in [0, 0.05) is 48.7 Å². The van der Waals surface area contributed by atoms with Crippen LogP contribution in [0.25, 0.3) is 0 Å². The van der Waals surface area contributed by atoms with Crippen LogP contribution in [-0.2, 0) is 34.3 Å². The van der Waals surface area contributed by atoms with Crippen molar-refractivity contribution in [3.05, 3.63) is 86.9 Å². The Morgan fingerprint density at radius 3 is 2.60 bits per heavy atom. The number of halogens is 2. The molecule has 3 aromatic carbocycles. The maximum atomic E-state index is 14.3. The van der Waals surface area contributed by atoms with Crippen LogP contribution in [0.1, 0.15) is 62.3 Å². The van der Waals surface area contributed by atoms with Crippen molar-refractivity contribution in [3.8, 4) is 17.2 Å². The average molecular weight is 678 g/mol. The molecule has 1 saturated heterocycles. The first-order valence-corrected chi connectivity index (χ1v) is 17.6. The number of hydrogen-bond acceptors (Lipinski definition) is 6. The number of esters is 1. The molecule has 0 radical (unpaired) electrons. The molecule has 2 aliphatic carbocycles. The van der Waals surface area contributed by atoms with Crippen LogP contribution in [0.4, 0.5) is 0 Å². The van der Waals surface area contributed by atoms with Crippen LogP contribution < -0.4 is 9.47 Å². The summed E-state index contributed by atoms with van der Waals surface area (Å²) >= 11 is 12.5. The van der Waals surface area contributed by atoms with Gasteiger partial charge in [-0.15, -0.1) is 0 Å². The van der Waals surface area contributed by atoms with Gasteiger partial charge in [0.2, 0.25) is 5.91 Å². The van der Waals surface area contributed by atoms with Crippen molar-refractivity contribution in [1.82, 2.24) is 9.80 Å². The van der Waals surface area contributed by atoms with Crippen LogP contribution in [0.3, 0.4) is 0 Å². The summed E-state index contributed by atoms with van der Waals surface area (Å²) in [5.41, 5.74) is 3.60. The zero-order valence-corrected chi connectivity index (χ0v) is 28.7. The van der Waals surface area contributed by atoms with Gasteiger partial charge in [-0.3, -0.25) is 14.5 Å². The van der Waals surface area contributed by atoms with E-state index in [-0.39, 0.29) is 53.9 Å². The summed E-state index contributed by atoms with van der Waals surface area (Å²) in [6, 6.07) is 17.5. The van der Waals surface area contributed by atoms with Gasteiger partial charge in [-0.25, -0.2) is 0 Å². The minimum Gasteiger partial charge on any atom is -0.508 e. The maximum absolute atomic E-state index is 14.3. The van der Waals surface area contributed by atoms with Crippen LogP contribution in [0, 0.1) is 11.8 Å². The molecule has 2 aliphatic heterocycles. The molecule has 7 nitrogen and oxygen atoms in total. The number of phenols is 1. The molecule has 47 heavy (non-hydrogen) atoms. The van der Waals surface area contributed by atoms with Gasteiger partial charge in [0.05, 0.1) is 22.5 Å². The Hall–Kier alpha value is -3.26. The van der Waals surface area contributed by atoms with Crippen LogP contribution in [0.2, 0.25) is 10.0 Å². The number of carbonyl (C=O) groups excluding carboxylic acids is 2. The van der Waals surface area contributed by atoms with Gasteiger partial charge in [0.1, 0.15) is 11.9 Å². The minimum absolute atomic E-state index is 0.0208. The van der Waals surface area contributed by atoms with E-state index in [1.54, 1.807) is 18.2 Å². The number of likely N-dealkylation sites (tertiary alicyclic amines) is 1. The summed E-state index contributed by atoms with van der Waals surface area (Å²) < 4.78 is 12.7. The normalized spacial score (nSPS) is 25.7. The van der Waals surface area contributed by atoms with Crippen molar-refractivity contribution in [3.63, 3.8) is 0 Å². The molecule has 2 bridgehead atoms. The standard InChI is InChI=1S/C38H42Cl2N2O5/c1-22(2)21-42(34(45)18-25-9-11-28(39)29(40)17-25)30-12-10-27-31-19-26-32(44)20-33(46-23(3)43)36-35(26)38(27,37(30)47-36)14-16-41(31)15-13-24-7-5-4-6-8-24/h4-9,11,17,20,22,27,30-31,37,44H,10,12-16,18-19,21H2,1-3H3/t27-,30-,31+,37-,38-/m0/s1. The first-order valence-electron chi connectivity index (χ1n) is 16.8. The van der Waals surface area contributed by atoms with Crippen LogP contribution in [0.15, 0.2) is 54.6 Å². The molecule has 0 aromatic heterocycles. The third-order valence-electron chi connectivity index (χ3n) is 10.9. The second-order valence-electron chi connectivity index (χ2n) is 14.2. The largest absolute Gasteiger partial charge is 0.508 e. The first kappa shape index (κ1) is 32.3. The fourth-order valence-corrected chi connectivity index (χ4v) is 9.46. The molecule has 5 atom stereocenters. The molecule has 1 saturated carbocycles. The summed E-state index contributed by atoms with van der Waals surface area (Å²) in [5, 5.41) is 12.4. The Labute approximate surface area is 286 Å². The lowest BCUT2D eigenvalue weighted by Gasteiger charge is -2.60. The summed E-state index contributed by atoms with van der Waals surface area (Å²) in [4.78, 5) is 31.1. The van der Waals surface area contributed by atoms with Gasteiger partial charge >= 0.3 is 5.97 Å². The molecular weight excluding hydrogens is 635 g/mol. The van der Waals surface area contributed by atoms with Gasteiger partial charge < -0.3 is 19.5 Å². The monoisotopic (exact) mass is 676 g/mol. The SMILES string of the molecule is CC(=O)Oc1cc(O)c2c3c1O[C@H]1[C@@H](N(CC(C)C)C(=O)Cc4ccc(Cl)c(Cl)c4)CC[C@H]4[C@@H](C2)N(CCc2ccccc2)CC[C@@]341. The summed E-state index contributed by atoms with van der Waals surface area (Å²) in [5.74, 6) is 1.04. The smallest absolute Gasteiger partial charge is 0.308 e. The van der Waals surface area contributed by atoms with Crippen LogP contribution >= 0.6 is 23.2 Å². The zero-order chi connectivity index (χ0) is 33.0. The third-order valence-corrected chi connectivity index (χ3v) is 11.6. The molecular formula is C38H42Cl2N2O5. The Balaban J connectivity index is 1.27. The molecule has 2 heterocycles. The van der Waals surface area contributed by atoms with E-state index >= 15 is 0 Å². The van der Waals surface area contributed by atoms with E-state index in [0.29, 0.717) is 28.8 Å². The van der Waals surface area contributed by atoms with Gasteiger partial charge in [0.15, 0.2) is 11.5 Å². The first-order chi connectivity index (χ1) is 22.6. The van der Waals surface area contributed by atoms with Crippen LogP contribution in [0.5, 0.6) is 17.2 Å². The predicted molar refractivity (Wildman–Crippen MR) is 183 cm³/mol. The summed E-state index contributed by atoms with van der Waals surface area (Å²) in [7, 11) is 0. The van der Waals surface area contributed by atoms with Crippen LogP contribution in [-0.4, -0.2) is 64.6 Å². The van der Waals surface area contributed by atoms with E-state index in [9.17, 15) is 14.7 Å². The van der Waals surface area contributed by atoms with E-state index in [1.807, 2.05) is 17.0 Å². The average Bonchev–Trinajstić information content (AvgIpc) is 3.37. The van der Waals surface area contributed by atoms with E-state index in [0.717, 1.165) is 55.5 Å². The molecule has 4 aliphatic rings. The maximum Gasteiger partial charge on any atom is 0.308 e. The molecule has 1 spiro atoms. The minimum atomic E-state index is -0.465. The predicted octanol–water partition coefficient (Wildman–Crippen LogP) is 7.00. The highest BCUT2D eigenvalue weighted by Crippen LogP contribution is 2.65. The highest BCUT2D eigenvalue weighted by molar-refractivity contribution is 6.42. The van der Waals surface area contributed by atoms with E-state index < -0.39 is 11.4 Å². The van der Waals surface area contributed by atoms with Crippen molar-refractivity contribution in [2.24, 2.45) is 11.8 Å². The molecule has 9 heteroatoms. The molecule has 1 amide bonds. The van der Waals surface area contributed by atoms with Crippen molar-refractivity contribution in [2.75, 3.05) is 19.6 Å². The lowest BCUT2D eigenvalue weighted by molar-refractivity contribution is -0.143. The highest BCUT2D eigenvalue weighted by atomic mass is 35.5. The number of ether oxygens (including phenoxy) is 2. The van der Waals surface area contributed by atoms with Crippen molar-refractivity contribution in [1.29, 1.82) is 0 Å².